The minimum atomic E-state index is -10.3. The number of ether oxygens (including phenoxy) is 4. The van der Waals surface area contributed by atoms with Crippen molar-refractivity contribution in [2.45, 2.75) is 4.90 Å². The lowest BCUT2D eigenvalue weighted by atomic mass is 10.3. The fourth-order valence-corrected chi connectivity index (χ4v) is 2.52. The van der Waals surface area contributed by atoms with Crippen LogP contribution in [-0.4, -0.2) is 40.6 Å². The molecule has 1 aromatic carbocycles. The Labute approximate surface area is 129 Å². The molecule has 11 heteroatoms. The summed E-state index contributed by atoms with van der Waals surface area (Å²) in [5.41, 5.74) is 0. The molecule has 4 nitrogen and oxygen atoms in total. The summed E-state index contributed by atoms with van der Waals surface area (Å²) in [5.74, 6) is -4.52. The fraction of sp³-hybridized carbons (Fsp3) is 0.500. The number of halogens is 6. The molecule has 136 valence electrons. The first-order chi connectivity index (χ1) is 10.4. The van der Waals surface area contributed by atoms with E-state index in [0.717, 1.165) is 6.07 Å². The Morgan fingerprint density at radius 2 is 1.22 bits per heavy atom. The number of hydrogen-bond acceptors (Lipinski definition) is 4. The summed E-state index contributed by atoms with van der Waals surface area (Å²) in [5, 5.41) is 0. The maximum Gasteiger partial charge on any atom is 0.316 e. The summed E-state index contributed by atoms with van der Waals surface area (Å²) in [6.07, 6.45) is 0. The van der Waals surface area contributed by atoms with Crippen molar-refractivity contribution in [1.29, 1.82) is 0 Å². The van der Waals surface area contributed by atoms with Crippen molar-refractivity contribution in [3.05, 3.63) is 17.9 Å². The second-order valence-electron chi connectivity index (χ2n) is 4.36. The Kier molecular flexibility index (Phi) is 5.39. The van der Waals surface area contributed by atoms with Gasteiger partial charge in [-0.25, -0.2) is 4.39 Å². The molecule has 0 aliphatic carbocycles. The van der Waals surface area contributed by atoms with E-state index in [-0.39, 0.29) is 19.8 Å². The zero-order valence-corrected chi connectivity index (χ0v) is 13.1. The first kappa shape index (κ1) is 19.7. The van der Waals surface area contributed by atoms with E-state index in [2.05, 4.69) is 18.9 Å². The van der Waals surface area contributed by atoms with E-state index >= 15 is 0 Å². The van der Waals surface area contributed by atoms with Crippen molar-refractivity contribution < 1.29 is 42.8 Å². The standard InChI is InChI=1S/C12H16F6O4S/c1-19-5-7-21-9-3-4-10(22-8-6-20-2)12(11(9)13)23(14,15,16,17)18/h3-4H,5-8H2,1-2H3. The van der Waals surface area contributed by atoms with Gasteiger partial charge in [-0.2, -0.15) is 0 Å². The summed E-state index contributed by atoms with van der Waals surface area (Å²) in [4.78, 5) is -2.74. The molecule has 0 spiro atoms. The van der Waals surface area contributed by atoms with E-state index in [4.69, 9.17) is 0 Å². The largest absolute Gasteiger partial charge is 0.490 e. The molecule has 0 radical (unpaired) electrons. The third kappa shape index (κ3) is 5.66. The minimum absolute atomic E-state index is 0.0583. The normalized spacial score (nSPS) is 15.0. The topological polar surface area (TPSA) is 36.9 Å². The highest BCUT2D eigenvalue weighted by molar-refractivity contribution is 8.45. The van der Waals surface area contributed by atoms with Crippen LogP contribution in [-0.2, 0) is 9.47 Å². The SMILES string of the molecule is COCCOc1ccc(OCCOC)c(S(F)(F)(F)(F)F)c1F. The van der Waals surface area contributed by atoms with E-state index in [0.29, 0.717) is 6.07 Å². The zero-order valence-electron chi connectivity index (χ0n) is 12.3. The molecule has 0 saturated heterocycles. The minimum Gasteiger partial charge on any atom is -0.490 e. The number of hydrogen-bond donors (Lipinski definition) is 0. The number of rotatable bonds is 9. The summed E-state index contributed by atoms with van der Waals surface area (Å²) in [7, 11) is -7.81. The van der Waals surface area contributed by atoms with Gasteiger partial charge in [-0.05, 0) is 12.1 Å². The molecule has 0 N–H and O–H groups in total. The summed E-state index contributed by atoms with van der Waals surface area (Å²) < 4.78 is 98.0. The molecule has 0 aromatic heterocycles. The van der Waals surface area contributed by atoms with Gasteiger partial charge >= 0.3 is 10.2 Å². The smallest absolute Gasteiger partial charge is 0.316 e. The van der Waals surface area contributed by atoms with Gasteiger partial charge in [0.05, 0.1) is 13.2 Å². The molecule has 0 unspecified atom stereocenters. The van der Waals surface area contributed by atoms with E-state index in [1.807, 2.05) is 0 Å². The molecular formula is C12H16F6O4S. The number of benzene rings is 1. The van der Waals surface area contributed by atoms with Crippen LogP contribution in [0.3, 0.4) is 0 Å². The van der Waals surface area contributed by atoms with Crippen molar-refractivity contribution in [1.82, 2.24) is 0 Å². The lowest BCUT2D eigenvalue weighted by Gasteiger charge is -2.41. The Morgan fingerprint density at radius 3 is 1.65 bits per heavy atom. The quantitative estimate of drug-likeness (QED) is 0.473. The highest BCUT2D eigenvalue weighted by atomic mass is 32.5. The predicted molar refractivity (Wildman–Crippen MR) is 72.5 cm³/mol. The molecule has 1 aromatic rings. The van der Waals surface area contributed by atoms with Crippen LogP contribution in [0, 0.1) is 5.82 Å². The number of methoxy groups -OCH3 is 2. The molecule has 0 fully saturated rings. The first-order valence-electron chi connectivity index (χ1n) is 6.20. The highest BCUT2D eigenvalue weighted by Gasteiger charge is 2.69. The Balaban J connectivity index is 3.31. The van der Waals surface area contributed by atoms with Gasteiger partial charge in [0.15, 0.2) is 16.5 Å². The summed E-state index contributed by atoms with van der Waals surface area (Å²) in [6.45, 7) is -0.984. The molecule has 0 aliphatic rings. The molecular weight excluding hydrogens is 354 g/mol. The second kappa shape index (κ2) is 6.29. The fourth-order valence-electron chi connectivity index (χ4n) is 1.57. The average molecular weight is 370 g/mol. The van der Waals surface area contributed by atoms with E-state index in [1.54, 1.807) is 0 Å². The van der Waals surface area contributed by atoms with Crippen LogP contribution in [0.25, 0.3) is 0 Å². The van der Waals surface area contributed by atoms with Gasteiger partial charge in [-0.1, -0.05) is 19.4 Å². The monoisotopic (exact) mass is 370 g/mol. The van der Waals surface area contributed by atoms with Gasteiger partial charge < -0.3 is 18.9 Å². The zero-order chi connectivity index (χ0) is 17.8. The van der Waals surface area contributed by atoms with Crippen molar-refractivity contribution in [2.24, 2.45) is 0 Å². The van der Waals surface area contributed by atoms with E-state index in [9.17, 15) is 23.8 Å². The molecule has 0 amide bonds. The van der Waals surface area contributed by atoms with Gasteiger partial charge in [0.1, 0.15) is 19.0 Å². The van der Waals surface area contributed by atoms with E-state index < -0.39 is 39.0 Å². The lowest BCUT2D eigenvalue weighted by molar-refractivity contribution is 0.139. The molecule has 0 atom stereocenters. The third-order valence-corrected chi connectivity index (χ3v) is 3.65. The maximum absolute atomic E-state index is 14.0. The van der Waals surface area contributed by atoms with Gasteiger partial charge in [-0.3, -0.25) is 0 Å². The van der Waals surface area contributed by atoms with Crippen molar-refractivity contribution in [3.63, 3.8) is 0 Å². The molecule has 1 rings (SSSR count). The Morgan fingerprint density at radius 1 is 0.783 bits per heavy atom. The summed E-state index contributed by atoms with van der Waals surface area (Å²) >= 11 is 0. The predicted octanol–water partition coefficient (Wildman–Crippen LogP) is 4.53. The van der Waals surface area contributed by atoms with Gasteiger partial charge in [-0.15, -0.1) is 0 Å². The Hall–Kier alpha value is -1.33. The van der Waals surface area contributed by atoms with Crippen LogP contribution in [0.5, 0.6) is 11.5 Å². The van der Waals surface area contributed by atoms with Crippen LogP contribution in [0.1, 0.15) is 0 Å². The van der Waals surface area contributed by atoms with Crippen molar-refractivity contribution >= 4 is 10.2 Å². The molecule has 0 aliphatic heterocycles. The van der Waals surface area contributed by atoms with Gasteiger partial charge in [0, 0.05) is 14.2 Å². The van der Waals surface area contributed by atoms with Gasteiger partial charge in [0.25, 0.3) is 0 Å². The maximum atomic E-state index is 14.0. The Bertz CT molecular complexity index is 548. The lowest BCUT2D eigenvalue weighted by Crippen LogP contribution is -2.15. The van der Waals surface area contributed by atoms with Crippen molar-refractivity contribution in [2.75, 3.05) is 40.6 Å². The third-order valence-electron chi connectivity index (χ3n) is 2.50. The van der Waals surface area contributed by atoms with E-state index in [1.165, 1.54) is 14.2 Å². The molecule has 23 heavy (non-hydrogen) atoms. The molecule has 0 saturated carbocycles. The van der Waals surface area contributed by atoms with Gasteiger partial charge in [0.2, 0.25) is 0 Å². The molecule has 0 bridgehead atoms. The molecule has 0 heterocycles. The van der Waals surface area contributed by atoms with Crippen LogP contribution < -0.4 is 9.47 Å². The van der Waals surface area contributed by atoms with Crippen LogP contribution in [0.15, 0.2) is 17.0 Å². The van der Waals surface area contributed by atoms with Crippen LogP contribution >= 0.6 is 10.2 Å². The summed E-state index contributed by atoms with van der Waals surface area (Å²) in [6, 6.07) is 1.36. The van der Waals surface area contributed by atoms with Crippen molar-refractivity contribution in [3.8, 4) is 11.5 Å². The second-order valence-corrected chi connectivity index (χ2v) is 6.70. The first-order valence-corrected chi connectivity index (χ1v) is 8.16. The van der Waals surface area contributed by atoms with Crippen LogP contribution in [0.2, 0.25) is 0 Å². The highest BCUT2D eigenvalue weighted by Crippen LogP contribution is 3.03. The van der Waals surface area contributed by atoms with Crippen LogP contribution in [0.4, 0.5) is 23.8 Å². The average Bonchev–Trinajstić information content (AvgIpc) is 2.38.